The highest BCUT2D eigenvalue weighted by Crippen LogP contribution is 2.11. The molecule has 0 aliphatic rings. The molecule has 62 valence electrons. The fourth-order valence-corrected chi connectivity index (χ4v) is 0.797. The molecule has 0 heterocycles. The topological polar surface area (TPSA) is 35.8 Å². The third-order valence-corrected chi connectivity index (χ3v) is 1.23. The van der Waals surface area contributed by atoms with Gasteiger partial charge in [-0.15, -0.1) is 0 Å². The highest BCUT2D eigenvalue weighted by molar-refractivity contribution is 5.44. The SMILES string of the molecule is N#CCNc1cc(F)cc(F)c1. The minimum Gasteiger partial charge on any atom is -0.372 e. The van der Waals surface area contributed by atoms with E-state index in [4.69, 9.17) is 5.26 Å². The summed E-state index contributed by atoms with van der Waals surface area (Å²) in [6, 6.07) is 4.83. The first-order valence-electron chi connectivity index (χ1n) is 3.29. The second-order valence-electron chi connectivity index (χ2n) is 2.17. The fraction of sp³-hybridized carbons (Fsp3) is 0.125. The molecule has 0 aromatic heterocycles. The molecule has 0 unspecified atom stereocenters. The van der Waals surface area contributed by atoms with Crippen LogP contribution < -0.4 is 5.32 Å². The van der Waals surface area contributed by atoms with Crippen LogP contribution in [0.1, 0.15) is 0 Å². The Morgan fingerprint density at radius 3 is 2.33 bits per heavy atom. The Labute approximate surface area is 68.4 Å². The minimum atomic E-state index is -0.657. The normalized spacial score (nSPS) is 9.08. The lowest BCUT2D eigenvalue weighted by Crippen LogP contribution is -1.99. The van der Waals surface area contributed by atoms with Crippen LogP contribution in [0.5, 0.6) is 0 Å². The van der Waals surface area contributed by atoms with Gasteiger partial charge in [0.1, 0.15) is 18.2 Å². The van der Waals surface area contributed by atoms with Gasteiger partial charge < -0.3 is 5.32 Å². The van der Waals surface area contributed by atoms with Gasteiger partial charge in [0.25, 0.3) is 0 Å². The molecule has 1 aromatic carbocycles. The average Bonchev–Trinajstić information content (AvgIpc) is 1.99. The zero-order valence-corrected chi connectivity index (χ0v) is 6.14. The predicted molar refractivity (Wildman–Crippen MR) is 40.5 cm³/mol. The van der Waals surface area contributed by atoms with Crippen molar-refractivity contribution in [1.82, 2.24) is 0 Å². The van der Waals surface area contributed by atoms with Crippen molar-refractivity contribution in [3.8, 4) is 6.07 Å². The molecule has 0 fully saturated rings. The molecule has 0 aliphatic heterocycles. The first-order valence-corrected chi connectivity index (χ1v) is 3.29. The Kier molecular flexibility index (Phi) is 2.59. The van der Waals surface area contributed by atoms with Crippen LogP contribution in [0.4, 0.5) is 14.5 Å². The van der Waals surface area contributed by atoms with Gasteiger partial charge >= 0.3 is 0 Å². The van der Waals surface area contributed by atoms with Gasteiger partial charge in [-0.25, -0.2) is 8.78 Å². The fourth-order valence-electron chi connectivity index (χ4n) is 0.797. The monoisotopic (exact) mass is 168 g/mol. The Balaban J connectivity index is 2.80. The van der Waals surface area contributed by atoms with E-state index in [1.807, 2.05) is 0 Å². The molecular weight excluding hydrogens is 162 g/mol. The van der Waals surface area contributed by atoms with Crippen LogP contribution in [0.25, 0.3) is 0 Å². The number of halogens is 2. The Morgan fingerprint density at radius 2 is 1.83 bits per heavy atom. The molecule has 0 spiro atoms. The lowest BCUT2D eigenvalue weighted by atomic mass is 10.3. The maximum absolute atomic E-state index is 12.5. The second kappa shape index (κ2) is 3.67. The number of nitrogens with one attached hydrogen (secondary N) is 1. The maximum atomic E-state index is 12.5. The first kappa shape index (κ1) is 8.47. The van der Waals surface area contributed by atoms with Crippen molar-refractivity contribution in [2.24, 2.45) is 0 Å². The number of benzene rings is 1. The summed E-state index contributed by atoms with van der Waals surface area (Å²) in [6.45, 7) is 0.0306. The van der Waals surface area contributed by atoms with Gasteiger partial charge in [0.05, 0.1) is 6.07 Å². The van der Waals surface area contributed by atoms with Crippen molar-refractivity contribution in [3.05, 3.63) is 29.8 Å². The Bertz CT molecular complexity index is 297. The van der Waals surface area contributed by atoms with Crippen LogP contribution in [0, 0.1) is 23.0 Å². The van der Waals surface area contributed by atoms with Crippen LogP contribution in [0.15, 0.2) is 18.2 Å². The molecule has 0 radical (unpaired) electrons. The zero-order chi connectivity index (χ0) is 8.97. The van der Waals surface area contributed by atoms with Crippen molar-refractivity contribution in [3.63, 3.8) is 0 Å². The predicted octanol–water partition coefficient (Wildman–Crippen LogP) is 1.90. The highest BCUT2D eigenvalue weighted by Gasteiger charge is 1.98. The maximum Gasteiger partial charge on any atom is 0.128 e. The summed E-state index contributed by atoms with van der Waals surface area (Å²) >= 11 is 0. The standard InChI is InChI=1S/C8H6F2N2/c9-6-3-7(10)5-8(4-6)12-2-1-11/h3-5,12H,2H2. The molecule has 0 bridgehead atoms. The van der Waals surface area contributed by atoms with Crippen molar-refractivity contribution in [2.75, 3.05) is 11.9 Å². The molecule has 0 amide bonds. The van der Waals surface area contributed by atoms with Crippen LogP contribution in [-0.2, 0) is 0 Å². The smallest absolute Gasteiger partial charge is 0.128 e. The number of nitriles is 1. The third-order valence-electron chi connectivity index (χ3n) is 1.23. The molecule has 4 heteroatoms. The van der Waals surface area contributed by atoms with Gasteiger partial charge in [-0.3, -0.25) is 0 Å². The van der Waals surface area contributed by atoms with Crippen LogP contribution >= 0.6 is 0 Å². The zero-order valence-electron chi connectivity index (χ0n) is 6.14. The van der Waals surface area contributed by atoms with E-state index in [0.717, 1.165) is 18.2 Å². The third kappa shape index (κ3) is 2.20. The van der Waals surface area contributed by atoms with E-state index in [1.165, 1.54) is 0 Å². The summed E-state index contributed by atoms with van der Waals surface area (Å²) in [6.07, 6.45) is 0. The van der Waals surface area contributed by atoms with Crippen LogP contribution in [0.2, 0.25) is 0 Å². The number of rotatable bonds is 2. The van der Waals surface area contributed by atoms with E-state index < -0.39 is 11.6 Å². The molecule has 1 rings (SSSR count). The number of hydrogen-bond acceptors (Lipinski definition) is 2. The van der Waals surface area contributed by atoms with Crippen molar-refractivity contribution < 1.29 is 8.78 Å². The second-order valence-corrected chi connectivity index (χ2v) is 2.17. The summed E-state index contributed by atoms with van der Waals surface area (Å²) in [4.78, 5) is 0. The molecule has 0 saturated carbocycles. The van der Waals surface area contributed by atoms with Crippen molar-refractivity contribution in [1.29, 1.82) is 5.26 Å². The highest BCUT2D eigenvalue weighted by atomic mass is 19.1. The number of hydrogen-bond donors (Lipinski definition) is 1. The Morgan fingerprint density at radius 1 is 1.25 bits per heavy atom. The van der Waals surface area contributed by atoms with E-state index >= 15 is 0 Å². The summed E-state index contributed by atoms with van der Waals surface area (Å²) in [5, 5.41) is 10.7. The molecule has 2 nitrogen and oxygen atoms in total. The lowest BCUT2D eigenvalue weighted by Gasteiger charge is -2.00. The largest absolute Gasteiger partial charge is 0.372 e. The van der Waals surface area contributed by atoms with Gasteiger partial charge in [0.15, 0.2) is 0 Å². The van der Waals surface area contributed by atoms with Gasteiger partial charge in [-0.2, -0.15) is 5.26 Å². The quantitative estimate of drug-likeness (QED) is 0.684. The molecule has 0 saturated heterocycles. The first-order chi connectivity index (χ1) is 5.72. The van der Waals surface area contributed by atoms with Crippen molar-refractivity contribution in [2.45, 2.75) is 0 Å². The molecule has 0 atom stereocenters. The number of anilines is 1. The lowest BCUT2D eigenvalue weighted by molar-refractivity contribution is 0.584. The average molecular weight is 168 g/mol. The molecular formula is C8H6F2N2. The molecule has 0 aliphatic carbocycles. The van der Waals surface area contributed by atoms with E-state index in [-0.39, 0.29) is 12.2 Å². The van der Waals surface area contributed by atoms with E-state index in [2.05, 4.69) is 5.32 Å². The van der Waals surface area contributed by atoms with Crippen molar-refractivity contribution >= 4 is 5.69 Å². The van der Waals surface area contributed by atoms with E-state index in [1.54, 1.807) is 6.07 Å². The molecule has 1 N–H and O–H groups in total. The van der Waals surface area contributed by atoms with Crippen LogP contribution in [-0.4, -0.2) is 6.54 Å². The summed E-state index contributed by atoms with van der Waals surface area (Å²) in [7, 11) is 0. The van der Waals surface area contributed by atoms with Gasteiger partial charge in [-0.05, 0) is 12.1 Å². The van der Waals surface area contributed by atoms with Crippen LogP contribution in [0.3, 0.4) is 0 Å². The number of nitrogens with zero attached hydrogens (tertiary/aromatic N) is 1. The molecule has 12 heavy (non-hydrogen) atoms. The summed E-state index contributed by atoms with van der Waals surface area (Å²) < 4.78 is 25.0. The van der Waals surface area contributed by atoms with E-state index in [0.29, 0.717) is 0 Å². The van der Waals surface area contributed by atoms with E-state index in [9.17, 15) is 8.78 Å². The molecule has 1 aromatic rings. The van der Waals surface area contributed by atoms with Gasteiger partial charge in [0.2, 0.25) is 0 Å². The minimum absolute atomic E-state index is 0.0306. The summed E-state index contributed by atoms with van der Waals surface area (Å²) in [5.41, 5.74) is 0.272. The Hall–Kier alpha value is -1.63. The van der Waals surface area contributed by atoms with Gasteiger partial charge in [0, 0.05) is 11.8 Å². The van der Waals surface area contributed by atoms with Gasteiger partial charge in [-0.1, -0.05) is 0 Å². The summed E-state index contributed by atoms with van der Waals surface area (Å²) in [5.74, 6) is -1.31.